The molecule has 2 amide bonds. The van der Waals surface area contributed by atoms with Gasteiger partial charge >= 0.3 is 0 Å². The normalized spacial score (nSPS) is 20.1. The molecule has 2 aliphatic rings. The molecule has 3 rings (SSSR count). The van der Waals surface area contributed by atoms with Gasteiger partial charge in [-0.1, -0.05) is 28.1 Å². The molecule has 130 valence electrons. The third kappa shape index (κ3) is 4.00. The fraction of sp³-hybridized carbons (Fsp3) is 0.579. The second-order valence-electron chi connectivity index (χ2n) is 7.52. The van der Waals surface area contributed by atoms with Gasteiger partial charge in [-0.15, -0.1) is 0 Å². The van der Waals surface area contributed by atoms with Crippen molar-refractivity contribution < 1.29 is 9.59 Å². The van der Waals surface area contributed by atoms with Crippen molar-refractivity contribution in [2.24, 2.45) is 5.92 Å². The zero-order valence-electron chi connectivity index (χ0n) is 14.4. The molecule has 1 aliphatic heterocycles. The van der Waals surface area contributed by atoms with Gasteiger partial charge < -0.3 is 9.80 Å². The Hall–Kier alpha value is -1.36. The molecule has 0 aromatic heterocycles. The van der Waals surface area contributed by atoms with E-state index < -0.39 is 0 Å². The maximum Gasteiger partial charge on any atom is 0.225 e. The van der Waals surface area contributed by atoms with Crippen molar-refractivity contribution in [2.75, 3.05) is 19.6 Å². The largest absolute Gasteiger partial charge is 0.338 e. The summed E-state index contributed by atoms with van der Waals surface area (Å²) in [6.07, 6.45) is 3.34. The summed E-state index contributed by atoms with van der Waals surface area (Å²) in [6.45, 7) is 6.09. The minimum Gasteiger partial charge on any atom is -0.338 e. The molecule has 2 fully saturated rings. The first-order chi connectivity index (χ1) is 11.4. The SMILES string of the molecule is CC1(C)CN(C(=O)C2CC2)CCN1C(=O)CCc1ccc(Br)cc1. The highest BCUT2D eigenvalue weighted by Gasteiger charge is 2.41. The van der Waals surface area contributed by atoms with Gasteiger partial charge in [0.1, 0.15) is 0 Å². The number of aryl methyl sites for hydroxylation is 1. The topological polar surface area (TPSA) is 40.6 Å². The summed E-state index contributed by atoms with van der Waals surface area (Å²) < 4.78 is 1.05. The van der Waals surface area contributed by atoms with Crippen LogP contribution < -0.4 is 0 Å². The second-order valence-corrected chi connectivity index (χ2v) is 8.43. The van der Waals surface area contributed by atoms with Crippen molar-refractivity contribution >= 4 is 27.7 Å². The van der Waals surface area contributed by atoms with Gasteiger partial charge in [0.25, 0.3) is 0 Å². The minimum absolute atomic E-state index is 0.182. The number of hydrogen-bond acceptors (Lipinski definition) is 2. The quantitative estimate of drug-likeness (QED) is 0.788. The fourth-order valence-corrected chi connectivity index (χ4v) is 3.70. The van der Waals surface area contributed by atoms with E-state index in [1.807, 2.05) is 21.9 Å². The maximum absolute atomic E-state index is 12.7. The molecular weight excluding hydrogens is 368 g/mol. The Balaban J connectivity index is 1.56. The fourth-order valence-electron chi connectivity index (χ4n) is 3.43. The number of carbonyl (C=O) groups is 2. The van der Waals surface area contributed by atoms with Crippen molar-refractivity contribution in [3.8, 4) is 0 Å². The smallest absolute Gasteiger partial charge is 0.225 e. The van der Waals surface area contributed by atoms with Crippen LogP contribution in [-0.2, 0) is 16.0 Å². The zero-order chi connectivity index (χ0) is 17.3. The minimum atomic E-state index is -0.292. The number of carbonyl (C=O) groups excluding carboxylic acids is 2. The number of rotatable bonds is 4. The van der Waals surface area contributed by atoms with E-state index >= 15 is 0 Å². The number of halogens is 1. The molecule has 1 saturated heterocycles. The summed E-state index contributed by atoms with van der Waals surface area (Å²) >= 11 is 3.43. The molecule has 1 heterocycles. The van der Waals surface area contributed by atoms with Gasteiger partial charge in [-0.2, -0.15) is 0 Å². The Morgan fingerprint density at radius 3 is 2.42 bits per heavy atom. The summed E-state index contributed by atoms with van der Waals surface area (Å²) in [4.78, 5) is 28.9. The van der Waals surface area contributed by atoms with Gasteiger partial charge in [-0.25, -0.2) is 0 Å². The molecule has 1 aromatic rings. The first-order valence-corrected chi connectivity index (χ1v) is 9.50. The standard InChI is InChI=1S/C19H25BrN2O2/c1-19(2)13-21(18(24)15-6-7-15)11-12-22(19)17(23)10-5-14-3-8-16(20)9-4-14/h3-4,8-9,15H,5-7,10-13H2,1-2H3. The maximum atomic E-state index is 12.7. The van der Waals surface area contributed by atoms with Crippen molar-refractivity contribution in [1.82, 2.24) is 9.80 Å². The molecule has 0 unspecified atom stereocenters. The van der Waals surface area contributed by atoms with E-state index in [0.717, 1.165) is 23.7 Å². The van der Waals surface area contributed by atoms with Crippen LogP contribution in [0.1, 0.15) is 38.7 Å². The van der Waals surface area contributed by atoms with E-state index in [1.165, 1.54) is 5.56 Å². The van der Waals surface area contributed by atoms with Crippen molar-refractivity contribution in [1.29, 1.82) is 0 Å². The molecule has 5 heteroatoms. The number of piperazine rings is 1. The number of nitrogens with zero attached hydrogens (tertiary/aromatic N) is 2. The second kappa shape index (κ2) is 6.87. The third-order valence-corrected chi connectivity index (χ3v) is 5.51. The Bertz CT molecular complexity index is 623. The molecule has 0 bridgehead atoms. The zero-order valence-corrected chi connectivity index (χ0v) is 16.0. The molecule has 1 aliphatic carbocycles. The molecule has 0 N–H and O–H groups in total. The van der Waals surface area contributed by atoms with Crippen LogP contribution in [0.2, 0.25) is 0 Å². The van der Waals surface area contributed by atoms with Gasteiger partial charge in [0.05, 0.1) is 5.54 Å². The number of hydrogen-bond donors (Lipinski definition) is 0. The lowest BCUT2D eigenvalue weighted by Crippen LogP contribution is -2.62. The monoisotopic (exact) mass is 392 g/mol. The van der Waals surface area contributed by atoms with Crippen LogP contribution in [0.5, 0.6) is 0 Å². The highest BCUT2D eigenvalue weighted by atomic mass is 79.9. The molecule has 0 radical (unpaired) electrons. The molecule has 1 aromatic carbocycles. The van der Waals surface area contributed by atoms with Crippen molar-refractivity contribution in [2.45, 2.75) is 45.1 Å². The average Bonchev–Trinajstić information content (AvgIpc) is 3.37. The van der Waals surface area contributed by atoms with E-state index in [4.69, 9.17) is 0 Å². The molecule has 1 saturated carbocycles. The Labute approximate surface area is 152 Å². The van der Waals surface area contributed by atoms with Crippen LogP contribution in [0, 0.1) is 5.92 Å². The first-order valence-electron chi connectivity index (χ1n) is 8.70. The van der Waals surface area contributed by atoms with Crippen molar-refractivity contribution in [3.05, 3.63) is 34.3 Å². The van der Waals surface area contributed by atoms with Gasteiger partial charge in [-0.3, -0.25) is 9.59 Å². The van der Waals surface area contributed by atoms with Crippen molar-refractivity contribution in [3.63, 3.8) is 0 Å². The van der Waals surface area contributed by atoms with E-state index in [0.29, 0.717) is 26.1 Å². The van der Waals surface area contributed by atoms with Crippen LogP contribution in [0.4, 0.5) is 0 Å². The van der Waals surface area contributed by atoms with Crippen LogP contribution in [0.25, 0.3) is 0 Å². The van der Waals surface area contributed by atoms with Crippen LogP contribution in [0.3, 0.4) is 0 Å². The summed E-state index contributed by atoms with van der Waals surface area (Å²) in [5.74, 6) is 0.715. The van der Waals surface area contributed by atoms with Gasteiger partial charge in [0, 0.05) is 36.4 Å². The molecular formula is C19H25BrN2O2. The third-order valence-electron chi connectivity index (χ3n) is 4.98. The highest BCUT2D eigenvalue weighted by Crippen LogP contribution is 2.33. The van der Waals surface area contributed by atoms with Gasteiger partial charge in [0.2, 0.25) is 11.8 Å². The van der Waals surface area contributed by atoms with E-state index in [9.17, 15) is 9.59 Å². The van der Waals surface area contributed by atoms with Gasteiger partial charge in [-0.05, 0) is 50.8 Å². The van der Waals surface area contributed by atoms with E-state index in [2.05, 4.69) is 41.9 Å². The predicted molar refractivity (Wildman–Crippen MR) is 97.6 cm³/mol. The van der Waals surface area contributed by atoms with Crippen LogP contribution >= 0.6 is 15.9 Å². The Morgan fingerprint density at radius 2 is 1.83 bits per heavy atom. The summed E-state index contributed by atoms with van der Waals surface area (Å²) in [5.41, 5.74) is 0.881. The highest BCUT2D eigenvalue weighted by molar-refractivity contribution is 9.10. The lowest BCUT2D eigenvalue weighted by molar-refractivity contribution is -0.148. The molecule has 0 spiro atoms. The molecule has 24 heavy (non-hydrogen) atoms. The van der Waals surface area contributed by atoms with Gasteiger partial charge in [0.15, 0.2) is 0 Å². The number of benzene rings is 1. The molecule has 4 nitrogen and oxygen atoms in total. The number of amides is 2. The average molecular weight is 393 g/mol. The Kier molecular flexibility index (Phi) is 5.00. The van der Waals surface area contributed by atoms with Crippen LogP contribution in [-0.4, -0.2) is 46.8 Å². The molecule has 0 atom stereocenters. The predicted octanol–water partition coefficient (Wildman–Crippen LogP) is 3.24. The summed E-state index contributed by atoms with van der Waals surface area (Å²) in [5, 5.41) is 0. The summed E-state index contributed by atoms with van der Waals surface area (Å²) in [6, 6.07) is 8.11. The summed E-state index contributed by atoms with van der Waals surface area (Å²) in [7, 11) is 0. The lowest BCUT2D eigenvalue weighted by atomic mass is 9.97. The Morgan fingerprint density at radius 1 is 1.17 bits per heavy atom. The first kappa shape index (κ1) is 17.5. The lowest BCUT2D eigenvalue weighted by Gasteiger charge is -2.47. The van der Waals surface area contributed by atoms with E-state index in [-0.39, 0.29) is 23.3 Å². The van der Waals surface area contributed by atoms with Crippen LogP contribution in [0.15, 0.2) is 28.7 Å². The van der Waals surface area contributed by atoms with E-state index in [1.54, 1.807) is 0 Å².